The lowest BCUT2D eigenvalue weighted by Gasteiger charge is -2.12. The largest absolute Gasteiger partial charge is 0.380 e. The normalized spacial score (nSPS) is 10.3. The number of ether oxygens (including phenoxy) is 1. The molecule has 0 heterocycles. The van der Waals surface area contributed by atoms with E-state index in [-0.39, 0.29) is 6.03 Å². The Morgan fingerprint density at radius 2 is 1.79 bits per heavy atom. The van der Waals surface area contributed by atoms with Gasteiger partial charge in [0.2, 0.25) is 0 Å². The quantitative estimate of drug-likeness (QED) is 0.728. The number of methoxy groups -OCH3 is 1. The van der Waals surface area contributed by atoms with Gasteiger partial charge in [-0.15, -0.1) is 0 Å². The Kier molecular flexibility index (Phi) is 6.92. The highest BCUT2D eigenvalue weighted by Crippen LogP contribution is 2.04. The standard InChI is InChI=1S/C14H23N3O2/c1-17(2)14(18)16-9-8-15-10-12-4-6-13(7-5-12)11-19-3/h4-7,15H,8-11H2,1-3H3,(H,16,18). The monoisotopic (exact) mass is 265 g/mol. The number of amides is 2. The van der Waals surface area contributed by atoms with E-state index in [1.807, 2.05) is 0 Å². The van der Waals surface area contributed by atoms with E-state index in [2.05, 4.69) is 34.9 Å². The number of hydrogen-bond donors (Lipinski definition) is 2. The van der Waals surface area contributed by atoms with Gasteiger partial charge < -0.3 is 20.3 Å². The number of hydrogen-bond acceptors (Lipinski definition) is 3. The Labute approximate surface area is 114 Å². The van der Waals surface area contributed by atoms with Gasteiger partial charge in [0, 0.05) is 40.8 Å². The van der Waals surface area contributed by atoms with Crippen molar-refractivity contribution in [2.75, 3.05) is 34.3 Å². The SMILES string of the molecule is COCc1ccc(CNCCNC(=O)N(C)C)cc1. The van der Waals surface area contributed by atoms with Gasteiger partial charge in [-0.05, 0) is 11.1 Å². The minimum absolute atomic E-state index is 0.0641. The smallest absolute Gasteiger partial charge is 0.316 e. The fourth-order valence-corrected chi connectivity index (χ4v) is 1.57. The molecule has 1 aromatic carbocycles. The van der Waals surface area contributed by atoms with Crippen LogP contribution in [-0.2, 0) is 17.9 Å². The number of urea groups is 1. The molecule has 106 valence electrons. The van der Waals surface area contributed by atoms with Crippen molar-refractivity contribution in [2.24, 2.45) is 0 Å². The van der Waals surface area contributed by atoms with Crippen molar-refractivity contribution in [3.63, 3.8) is 0 Å². The van der Waals surface area contributed by atoms with Crippen molar-refractivity contribution in [3.05, 3.63) is 35.4 Å². The molecule has 5 heteroatoms. The molecule has 0 bridgehead atoms. The summed E-state index contributed by atoms with van der Waals surface area (Å²) in [5, 5.41) is 6.09. The van der Waals surface area contributed by atoms with E-state index in [9.17, 15) is 4.79 Å². The van der Waals surface area contributed by atoms with Crippen LogP contribution in [0, 0.1) is 0 Å². The Bertz CT molecular complexity index is 377. The van der Waals surface area contributed by atoms with Crippen LogP contribution >= 0.6 is 0 Å². The highest BCUT2D eigenvalue weighted by atomic mass is 16.5. The first kappa shape index (κ1) is 15.5. The third kappa shape index (κ3) is 6.22. The zero-order chi connectivity index (χ0) is 14.1. The average molecular weight is 265 g/mol. The van der Waals surface area contributed by atoms with Gasteiger partial charge in [-0.3, -0.25) is 0 Å². The molecule has 0 aliphatic rings. The summed E-state index contributed by atoms with van der Waals surface area (Å²) < 4.78 is 5.06. The molecule has 5 nitrogen and oxygen atoms in total. The average Bonchev–Trinajstić information content (AvgIpc) is 2.40. The van der Waals surface area contributed by atoms with Gasteiger partial charge in [-0.25, -0.2) is 4.79 Å². The summed E-state index contributed by atoms with van der Waals surface area (Å²) in [6, 6.07) is 8.23. The minimum Gasteiger partial charge on any atom is -0.380 e. The molecule has 0 radical (unpaired) electrons. The van der Waals surface area contributed by atoms with Gasteiger partial charge in [0.15, 0.2) is 0 Å². The molecule has 0 saturated heterocycles. The Morgan fingerprint density at radius 3 is 2.37 bits per heavy atom. The fraction of sp³-hybridized carbons (Fsp3) is 0.500. The van der Waals surface area contributed by atoms with E-state index in [4.69, 9.17) is 4.74 Å². The van der Waals surface area contributed by atoms with Gasteiger partial charge in [0.25, 0.3) is 0 Å². The molecule has 1 aromatic rings. The summed E-state index contributed by atoms with van der Waals surface area (Å²) in [5.74, 6) is 0. The van der Waals surface area contributed by atoms with Gasteiger partial charge in [0.05, 0.1) is 6.61 Å². The van der Waals surface area contributed by atoms with Crippen molar-refractivity contribution >= 4 is 6.03 Å². The van der Waals surface area contributed by atoms with E-state index in [1.165, 1.54) is 16.0 Å². The summed E-state index contributed by atoms with van der Waals surface area (Å²) >= 11 is 0. The lowest BCUT2D eigenvalue weighted by molar-refractivity contribution is 0.185. The Balaban J connectivity index is 2.17. The number of carbonyl (C=O) groups excluding carboxylic acids is 1. The van der Waals surface area contributed by atoms with Gasteiger partial charge in [-0.1, -0.05) is 24.3 Å². The molecule has 0 atom stereocenters. The van der Waals surface area contributed by atoms with Gasteiger partial charge >= 0.3 is 6.03 Å². The van der Waals surface area contributed by atoms with Crippen LogP contribution < -0.4 is 10.6 Å². The first-order valence-electron chi connectivity index (χ1n) is 6.36. The van der Waals surface area contributed by atoms with Crippen LogP contribution in [0.25, 0.3) is 0 Å². The lowest BCUT2D eigenvalue weighted by Crippen LogP contribution is -2.38. The van der Waals surface area contributed by atoms with Crippen LogP contribution in [0.5, 0.6) is 0 Å². The number of nitrogens with zero attached hydrogens (tertiary/aromatic N) is 1. The Hall–Kier alpha value is -1.59. The lowest BCUT2D eigenvalue weighted by atomic mass is 10.1. The second kappa shape index (κ2) is 8.50. The van der Waals surface area contributed by atoms with Gasteiger partial charge in [-0.2, -0.15) is 0 Å². The van der Waals surface area contributed by atoms with Crippen molar-refractivity contribution < 1.29 is 9.53 Å². The second-order valence-electron chi connectivity index (χ2n) is 4.55. The van der Waals surface area contributed by atoms with Crippen LogP contribution in [0.3, 0.4) is 0 Å². The summed E-state index contributed by atoms with van der Waals surface area (Å²) in [4.78, 5) is 12.8. The first-order valence-corrected chi connectivity index (χ1v) is 6.36. The molecule has 0 fully saturated rings. The number of nitrogens with one attached hydrogen (secondary N) is 2. The molecule has 0 aromatic heterocycles. The highest BCUT2D eigenvalue weighted by Gasteiger charge is 2.00. The summed E-state index contributed by atoms with van der Waals surface area (Å²) in [6.07, 6.45) is 0. The maximum Gasteiger partial charge on any atom is 0.316 e. The number of benzene rings is 1. The van der Waals surface area contributed by atoms with Crippen LogP contribution in [0.1, 0.15) is 11.1 Å². The zero-order valence-corrected chi connectivity index (χ0v) is 11.9. The van der Waals surface area contributed by atoms with Gasteiger partial charge in [0.1, 0.15) is 0 Å². The van der Waals surface area contributed by atoms with Crippen LogP contribution in [-0.4, -0.2) is 45.2 Å². The predicted octanol–water partition coefficient (Wildman–Crippen LogP) is 1.19. The third-order valence-electron chi connectivity index (χ3n) is 2.65. The molecule has 2 amide bonds. The van der Waals surface area contributed by atoms with Crippen molar-refractivity contribution in [2.45, 2.75) is 13.2 Å². The molecule has 0 aliphatic heterocycles. The molecule has 1 rings (SSSR count). The first-order chi connectivity index (χ1) is 9.13. The van der Waals surface area contributed by atoms with Crippen LogP contribution in [0.2, 0.25) is 0 Å². The molecule has 0 spiro atoms. The molecular weight excluding hydrogens is 242 g/mol. The number of rotatable bonds is 7. The maximum absolute atomic E-state index is 11.3. The summed E-state index contributed by atoms with van der Waals surface area (Å²) in [5.41, 5.74) is 2.39. The summed E-state index contributed by atoms with van der Waals surface area (Å²) in [6.45, 7) is 2.81. The molecular formula is C14H23N3O2. The van der Waals surface area contributed by atoms with Crippen molar-refractivity contribution in [1.29, 1.82) is 0 Å². The summed E-state index contributed by atoms with van der Waals surface area (Å²) in [7, 11) is 5.14. The van der Waals surface area contributed by atoms with E-state index in [0.29, 0.717) is 13.2 Å². The van der Waals surface area contributed by atoms with Crippen molar-refractivity contribution in [1.82, 2.24) is 15.5 Å². The van der Waals surface area contributed by atoms with Crippen LogP contribution in [0.4, 0.5) is 4.79 Å². The van der Waals surface area contributed by atoms with E-state index < -0.39 is 0 Å². The third-order valence-corrected chi connectivity index (χ3v) is 2.65. The zero-order valence-electron chi connectivity index (χ0n) is 11.9. The topological polar surface area (TPSA) is 53.6 Å². The molecule has 2 N–H and O–H groups in total. The maximum atomic E-state index is 11.3. The molecule has 0 saturated carbocycles. The molecule has 19 heavy (non-hydrogen) atoms. The van der Waals surface area contributed by atoms with E-state index >= 15 is 0 Å². The Morgan fingerprint density at radius 1 is 1.16 bits per heavy atom. The molecule has 0 unspecified atom stereocenters. The number of carbonyl (C=O) groups is 1. The van der Waals surface area contributed by atoms with Crippen molar-refractivity contribution in [3.8, 4) is 0 Å². The highest BCUT2D eigenvalue weighted by molar-refractivity contribution is 5.73. The predicted molar refractivity (Wildman–Crippen MR) is 75.9 cm³/mol. The second-order valence-corrected chi connectivity index (χ2v) is 4.55. The van der Waals surface area contributed by atoms with Crippen LogP contribution in [0.15, 0.2) is 24.3 Å². The fourth-order valence-electron chi connectivity index (χ4n) is 1.57. The van der Waals surface area contributed by atoms with E-state index in [1.54, 1.807) is 21.2 Å². The molecule has 0 aliphatic carbocycles. The minimum atomic E-state index is -0.0641. The van der Waals surface area contributed by atoms with E-state index in [0.717, 1.165) is 13.1 Å².